The molecule has 2 N–H and O–H groups in total. The van der Waals surface area contributed by atoms with Crippen molar-refractivity contribution in [3.8, 4) is 0 Å². The van der Waals surface area contributed by atoms with E-state index in [1.165, 1.54) is 11.3 Å². The minimum atomic E-state index is -0.756. The number of thioether (sulfide) groups is 1. The summed E-state index contributed by atoms with van der Waals surface area (Å²) in [6.45, 7) is 1.87. The number of anilines is 3. The summed E-state index contributed by atoms with van der Waals surface area (Å²) in [5.74, 6) is -1.34. The summed E-state index contributed by atoms with van der Waals surface area (Å²) in [5, 5.41) is 25.4. The summed E-state index contributed by atoms with van der Waals surface area (Å²) in [7, 11) is 0. The van der Waals surface area contributed by atoms with Crippen LogP contribution in [-0.2, 0) is 4.79 Å². The summed E-state index contributed by atoms with van der Waals surface area (Å²) in [6.07, 6.45) is 0. The molecule has 2 aromatic carbocycles. The number of amides is 1. The van der Waals surface area contributed by atoms with Crippen LogP contribution in [-0.4, -0.2) is 26.8 Å². The highest BCUT2D eigenvalue weighted by Crippen LogP contribution is 2.31. The number of benzene rings is 2. The van der Waals surface area contributed by atoms with Crippen LogP contribution >= 0.6 is 34.7 Å². The monoisotopic (exact) mass is 453 g/mol. The van der Waals surface area contributed by atoms with Crippen LogP contribution in [0.2, 0.25) is 5.02 Å². The van der Waals surface area contributed by atoms with Crippen molar-refractivity contribution in [2.45, 2.75) is 11.3 Å². The minimum absolute atomic E-state index is 0.0625. The van der Waals surface area contributed by atoms with E-state index in [0.717, 1.165) is 41.2 Å². The van der Waals surface area contributed by atoms with Gasteiger partial charge in [0, 0.05) is 22.8 Å². The molecule has 0 unspecified atom stereocenters. The van der Waals surface area contributed by atoms with Gasteiger partial charge in [0.1, 0.15) is 5.82 Å². The van der Waals surface area contributed by atoms with Gasteiger partial charge in [0.25, 0.3) is 5.69 Å². The fourth-order valence-corrected chi connectivity index (χ4v) is 3.95. The highest BCUT2D eigenvalue weighted by molar-refractivity contribution is 8.01. The quantitative estimate of drug-likeness (QED) is 0.293. The van der Waals surface area contributed by atoms with Gasteiger partial charge in [-0.2, -0.15) is 0 Å². The molecule has 0 aliphatic heterocycles. The molecule has 0 spiro atoms. The zero-order chi connectivity index (χ0) is 21.0. The van der Waals surface area contributed by atoms with E-state index in [1.807, 2.05) is 19.1 Å². The first kappa shape index (κ1) is 21.0. The largest absolute Gasteiger partial charge is 0.330 e. The molecule has 3 aromatic rings. The molecule has 29 heavy (non-hydrogen) atoms. The molecule has 150 valence electrons. The van der Waals surface area contributed by atoms with Crippen molar-refractivity contribution in [1.29, 1.82) is 0 Å². The van der Waals surface area contributed by atoms with Gasteiger partial charge in [-0.25, -0.2) is 4.39 Å². The van der Waals surface area contributed by atoms with E-state index < -0.39 is 16.6 Å². The number of hydrogen-bond acceptors (Lipinski definition) is 8. The molecular formula is C17H13ClFN5O3S2. The van der Waals surface area contributed by atoms with Crippen LogP contribution in [0, 0.1) is 22.9 Å². The van der Waals surface area contributed by atoms with E-state index in [0.29, 0.717) is 14.5 Å². The summed E-state index contributed by atoms with van der Waals surface area (Å²) < 4.78 is 14.3. The van der Waals surface area contributed by atoms with E-state index in [2.05, 4.69) is 20.8 Å². The van der Waals surface area contributed by atoms with Gasteiger partial charge in [0.05, 0.1) is 16.4 Å². The SMILES string of the molecule is Cc1c(Cl)cccc1Nc1nnc(SCC(=O)Nc2cc([N+](=O)[O-])ccc2F)s1. The first-order valence-electron chi connectivity index (χ1n) is 8.05. The Bertz CT molecular complexity index is 1080. The standard InChI is InChI=1S/C17H13ClFN5O3S2/c1-9-11(18)3-2-4-13(9)21-16-22-23-17(29-16)28-8-15(25)20-14-7-10(24(26)27)5-6-12(14)19/h2-7H,8H2,1H3,(H,20,25)(H,21,22). The van der Waals surface area contributed by atoms with Crippen molar-refractivity contribution in [3.05, 3.63) is 62.9 Å². The van der Waals surface area contributed by atoms with Crippen LogP contribution in [0.1, 0.15) is 5.56 Å². The number of halogens is 2. The van der Waals surface area contributed by atoms with Gasteiger partial charge in [0.15, 0.2) is 4.34 Å². The van der Waals surface area contributed by atoms with Crippen molar-refractivity contribution in [2.24, 2.45) is 0 Å². The average molecular weight is 454 g/mol. The molecule has 1 amide bonds. The van der Waals surface area contributed by atoms with Crippen LogP contribution < -0.4 is 10.6 Å². The van der Waals surface area contributed by atoms with Crippen molar-refractivity contribution >= 4 is 62.8 Å². The summed E-state index contributed by atoms with van der Waals surface area (Å²) in [6, 6.07) is 8.38. The number of nitrogens with zero attached hydrogens (tertiary/aromatic N) is 3. The molecule has 0 aliphatic carbocycles. The lowest BCUT2D eigenvalue weighted by molar-refractivity contribution is -0.384. The van der Waals surface area contributed by atoms with E-state index in [9.17, 15) is 19.3 Å². The first-order valence-corrected chi connectivity index (χ1v) is 10.2. The van der Waals surface area contributed by atoms with Crippen molar-refractivity contribution in [2.75, 3.05) is 16.4 Å². The maximum atomic E-state index is 13.7. The maximum Gasteiger partial charge on any atom is 0.271 e. The third-order valence-electron chi connectivity index (χ3n) is 3.68. The Morgan fingerprint density at radius 1 is 1.31 bits per heavy atom. The number of carbonyl (C=O) groups is 1. The van der Waals surface area contributed by atoms with Crippen molar-refractivity contribution in [3.63, 3.8) is 0 Å². The Hall–Kier alpha value is -2.76. The zero-order valence-corrected chi connectivity index (χ0v) is 17.2. The summed E-state index contributed by atoms with van der Waals surface area (Å²) in [5.41, 5.74) is 1.10. The molecule has 0 saturated carbocycles. The highest BCUT2D eigenvalue weighted by atomic mass is 35.5. The van der Waals surface area contributed by atoms with Crippen molar-refractivity contribution in [1.82, 2.24) is 10.2 Å². The molecular weight excluding hydrogens is 441 g/mol. The molecule has 1 heterocycles. The van der Waals surface area contributed by atoms with E-state index in [1.54, 1.807) is 6.07 Å². The van der Waals surface area contributed by atoms with Crippen LogP contribution in [0.15, 0.2) is 40.7 Å². The maximum absolute atomic E-state index is 13.7. The molecule has 1 aromatic heterocycles. The van der Waals surface area contributed by atoms with Gasteiger partial charge < -0.3 is 10.6 Å². The molecule has 3 rings (SSSR count). The summed E-state index contributed by atoms with van der Waals surface area (Å²) in [4.78, 5) is 22.2. The smallest absolute Gasteiger partial charge is 0.271 e. The molecule has 0 atom stereocenters. The van der Waals surface area contributed by atoms with E-state index in [-0.39, 0.29) is 17.1 Å². The Kier molecular flexibility index (Phi) is 6.62. The Morgan fingerprint density at radius 2 is 2.10 bits per heavy atom. The Balaban J connectivity index is 1.58. The molecule has 0 bridgehead atoms. The van der Waals surface area contributed by atoms with Crippen LogP contribution in [0.3, 0.4) is 0 Å². The number of aromatic nitrogens is 2. The fraction of sp³-hybridized carbons (Fsp3) is 0.118. The number of nitro groups is 1. The number of nitrogens with one attached hydrogen (secondary N) is 2. The molecule has 12 heteroatoms. The van der Waals surface area contributed by atoms with Crippen molar-refractivity contribution < 1.29 is 14.1 Å². The van der Waals surface area contributed by atoms with Gasteiger partial charge in [0.2, 0.25) is 11.0 Å². The predicted molar refractivity (Wildman–Crippen MR) is 112 cm³/mol. The third-order valence-corrected chi connectivity index (χ3v) is 6.06. The second-order valence-electron chi connectivity index (χ2n) is 5.67. The van der Waals surface area contributed by atoms with E-state index >= 15 is 0 Å². The topological polar surface area (TPSA) is 110 Å². The minimum Gasteiger partial charge on any atom is -0.330 e. The molecule has 0 fully saturated rings. The third kappa shape index (κ3) is 5.40. The molecule has 0 aliphatic rings. The van der Waals surface area contributed by atoms with Crippen LogP contribution in [0.4, 0.5) is 26.6 Å². The van der Waals surface area contributed by atoms with Gasteiger partial charge in [-0.1, -0.05) is 40.8 Å². The van der Waals surface area contributed by atoms with Crippen LogP contribution in [0.5, 0.6) is 0 Å². The second kappa shape index (κ2) is 9.16. The number of hydrogen-bond donors (Lipinski definition) is 2. The summed E-state index contributed by atoms with van der Waals surface area (Å²) >= 11 is 8.45. The highest BCUT2D eigenvalue weighted by Gasteiger charge is 2.14. The fourth-order valence-electron chi connectivity index (χ4n) is 2.21. The van der Waals surface area contributed by atoms with Gasteiger partial charge >= 0.3 is 0 Å². The lowest BCUT2D eigenvalue weighted by Crippen LogP contribution is -2.15. The Morgan fingerprint density at radius 3 is 2.86 bits per heavy atom. The molecule has 0 saturated heterocycles. The number of rotatable bonds is 7. The zero-order valence-electron chi connectivity index (χ0n) is 14.8. The Labute approximate surface area is 177 Å². The van der Waals surface area contributed by atoms with Gasteiger partial charge in [-0.05, 0) is 30.7 Å². The lowest BCUT2D eigenvalue weighted by atomic mass is 10.2. The molecule has 0 radical (unpaired) electrons. The normalized spacial score (nSPS) is 10.6. The predicted octanol–water partition coefficient (Wildman–Crippen LogP) is 5.02. The van der Waals surface area contributed by atoms with Gasteiger partial charge in [-0.3, -0.25) is 14.9 Å². The lowest BCUT2D eigenvalue weighted by Gasteiger charge is -2.07. The average Bonchev–Trinajstić information content (AvgIpc) is 3.13. The molecule has 8 nitrogen and oxygen atoms in total. The van der Waals surface area contributed by atoms with E-state index in [4.69, 9.17) is 11.6 Å². The number of carbonyl (C=O) groups excluding carboxylic acids is 1. The first-order chi connectivity index (χ1) is 13.8. The van der Waals surface area contributed by atoms with Crippen LogP contribution in [0.25, 0.3) is 0 Å². The number of non-ortho nitro benzene ring substituents is 1. The second-order valence-corrected chi connectivity index (χ2v) is 8.28. The number of nitro benzene ring substituents is 1. The van der Waals surface area contributed by atoms with Gasteiger partial charge in [-0.15, -0.1) is 10.2 Å².